The highest BCUT2D eigenvalue weighted by molar-refractivity contribution is 5.97. The summed E-state index contributed by atoms with van der Waals surface area (Å²) in [6, 6.07) is 0. The van der Waals surface area contributed by atoms with Gasteiger partial charge >= 0.3 is 11.9 Å². The Morgan fingerprint density at radius 2 is 1.21 bits per heavy atom. The van der Waals surface area contributed by atoms with E-state index >= 15 is 0 Å². The van der Waals surface area contributed by atoms with Gasteiger partial charge in [-0.2, -0.15) is 8.78 Å². The van der Waals surface area contributed by atoms with E-state index in [4.69, 9.17) is 0 Å². The van der Waals surface area contributed by atoms with E-state index in [0.717, 1.165) is 0 Å². The number of hydrogen-bond donors (Lipinski definition) is 0. The van der Waals surface area contributed by atoms with E-state index in [-0.39, 0.29) is 13.2 Å². The Kier molecular flexibility index (Phi) is 5.43. The first-order chi connectivity index (χ1) is 6.54. The maximum atomic E-state index is 12.7. The van der Waals surface area contributed by atoms with Crippen LogP contribution in [0.2, 0.25) is 0 Å². The first-order valence-corrected chi connectivity index (χ1v) is 3.94. The highest BCUT2D eigenvalue weighted by atomic mass is 19.2. The molecule has 0 heterocycles. The summed E-state index contributed by atoms with van der Waals surface area (Å²) in [5.74, 6) is -6.77. The number of halogens is 2. The summed E-state index contributed by atoms with van der Waals surface area (Å²) in [6.07, 6.45) is 0. The Labute approximate surface area is 79.5 Å². The Morgan fingerprint density at radius 3 is 1.43 bits per heavy atom. The molecule has 0 bridgehead atoms. The van der Waals surface area contributed by atoms with Crippen LogP contribution in [0.3, 0.4) is 0 Å². The van der Waals surface area contributed by atoms with Crippen molar-refractivity contribution in [2.75, 3.05) is 13.2 Å². The Balaban J connectivity index is 4.57. The van der Waals surface area contributed by atoms with Gasteiger partial charge in [-0.15, -0.1) is 0 Å². The number of carbonyl (C=O) groups excluding carboxylic acids is 2. The van der Waals surface area contributed by atoms with Crippen molar-refractivity contribution in [1.82, 2.24) is 0 Å². The largest absolute Gasteiger partial charge is 0.461 e. The smallest absolute Gasteiger partial charge is 0.370 e. The SMILES string of the molecule is CCOC(=O)/C(F)=C(/F)C(=O)OCC. The second-order valence-electron chi connectivity index (χ2n) is 2.07. The number of ether oxygens (including phenoxy) is 2. The summed E-state index contributed by atoms with van der Waals surface area (Å²) in [7, 11) is 0. The summed E-state index contributed by atoms with van der Waals surface area (Å²) in [4.78, 5) is 21.2. The average molecular weight is 208 g/mol. The second-order valence-corrected chi connectivity index (χ2v) is 2.07. The fourth-order valence-corrected chi connectivity index (χ4v) is 0.568. The van der Waals surface area contributed by atoms with E-state index in [1.807, 2.05) is 0 Å². The van der Waals surface area contributed by atoms with Crippen LogP contribution < -0.4 is 0 Å². The lowest BCUT2D eigenvalue weighted by Crippen LogP contribution is -2.12. The zero-order valence-corrected chi connectivity index (χ0v) is 7.80. The summed E-state index contributed by atoms with van der Waals surface area (Å²) in [6.45, 7) is 2.63. The molecule has 0 spiro atoms. The molecule has 6 heteroatoms. The molecule has 0 rings (SSSR count). The molecular formula is C8H10F2O4. The van der Waals surface area contributed by atoms with Crippen LogP contribution in [0, 0.1) is 0 Å². The number of carbonyl (C=O) groups is 2. The zero-order valence-electron chi connectivity index (χ0n) is 7.80. The van der Waals surface area contributed by atoms with E-state index in [2.05, 4.69) is 9.47 Å². The standard InChI is InChI=1S/C8H10F2O4/c1-3-13-7(11)5(9)6(10)8(12)14-4-2/h3-4H2,1-2H3/b6-5-. The number of esters is 2. The number of hydrogen-bond acceptors (Lipinski definition) is 4. The van der Waals surface area contributed by atoms with Crippen molar-refractivity contribution < 1.29 is 27.8 Å². The van der Waals surface area contributed by atoms with E-state index in [1.165, 1.54) is 13.8 Å². The lowest BCUT2D eigenvalue weighted by atomic mass is 10.4. The van der Waals surface area contributed by atoms with E-state index in [9.17, 15) is 18.4 Å². The molecule has 0 atom stereocenters. The molecule has 0 amide bonds. The zero-order chi connectivity index (χ0) is 11.1. The van der Waals surface area contributed by atoms with E-state index in [1.54, 1.807) is 0 Å². The molecule has 0 unspecified atom stereocenters. The van der Waals surface area contributed by atoms with Crippen LogP contribution in [0.5, 0.6) is 0 Å². The van der Waals surface area contributed by atoms with Crippen molar-refractivity contribution in [3.63, 3.8) is 0 Å². The van der Waals surface area contributed by atoms with Crippen LogP contribution in [-0.2, 0) is 19.1 Å². The van der Waals surface area contributed by atoms with Crippen LogP contribution >= 0.6 is 0 Å². The third-order valence-corrected chi connectivity index (χ3v) is 1.10. The van der Waals surface area contributed by atoms with Crippen molar-refractivity contribution in [1.29, 1.82) is 0 Å². The van der Waals surface area contributed by atoms with E-state index < -0.39 is 23.6 Å². The molecule has 0 fully saturated rings. The van der Waals surface area contributed by atoms with Gasteiger partial charge < -0.3 is 9.47 Å². The Bertz CT molecular complexity index is 234. The minimum absolute atomic E-state index is 0.109. The van der Waals surface area contributed by atoms with Crippen molar-refractivity contribution in [2.45, 2.75) is 13.8 Å². The predicted octanol–water partition coefficient (Wildman–Crippen LogP) is 1.26. The van der Waals surface area contributed by atoms with Gasteiger partial charge in [0.2, 0.25) is 0 Å². The molecular weight excluding hydrogens is 198 g/mol. The fourth-order valence-electron chi connectivity index (χ4n) is 0.568. The van der Waals surface area contributed by atoms with E-state index in [0.29, 0.717) is 0 Å². The summed E-state index contributed by atoms with van der Waals surface area (Å²) in [5.41, 5.74) is 0. The van der Waals surface area contributed by atoms with Gasteiger partial charge in [-0.25, -0.2) is 9.59 Å². The van der Waals surface area contributed by atoms with Gasteiger partial charge in [0.15, 0.2) is 0 Å². The molecule has 4 nitrogen and oxygen atoms in total. The average Bonchev–Trinajstić information content (AvgIpc) is 2.16. The molecule has 80 valence electrons. The quantitative estimate of drug-likeness (QED) is 0.515. The molecule has 0 saturated carbocycles. The number of rotatable bonds is 4. The van der Waals surface area contributed by atoms with Gasteiger partial charge in [0.1, 0.15) is 0 Å². The minimum Gasteiger partial charge on any atom is -0.461 e. The minimum atomic E-state index is -1.87. The highest BCUT2D eigenvalue weighted by Gasteiger charge is 2.23. The van der Waals surface area contributed by atoms with Crippen LogP contribution in [0.25, 0.3) is 0 Å². The lowest BCUT2D eigenvalue weighted by Gasteiger charge is -2.01. The monoisotopic (exact) mass is 208 g/mol. The molecule has 14 heavy (non-hydrogen) atoms. The van der Waals surface area contributed by atoms with Crippen LogP contribution in [0.1, 0.15) is 13.8 Å². The van der Waals surface area contributed by atoms with Gasteiger partial charge in [0, 0.05) is 0 Å². The lowest BCUT2D eigenvalue weighted by molar-refractivity contribution is -0.144. The molecule has 0 saturated heterocycles. The molecule has 0 N–H and O–H groups in total. The predicted molar refractivity (Wildman–Crippen MR) is 42.5 cm³/mol. The normalized spacial score (nSPS) is 11.7. The first kappa shape index (κ1) is 12.5. The summed E-state index contributed by atoms with van der Waals surface area (Å²) < 4.78 is 33.6. The summed E-state index contributed by atoms with van der Waals surface area (Å²) >= 11 is 0. The molecule has 0 aliphatic heterocycles. The summed E-state index contributed by atoms with van der Waals surface area (Å²) in [5, 5.41) is 0. The topological polar surface area (TPSA) is 52.6 Å². The van der Waals surface area contributed by atoms with Crippen molar-refractivity contribution in [3.05, 3.63) is 11.7 Å². The molecule has 0 radical (unpaired) electrons. The third-order valence-electron chi connectivity index (χ3n) is 1.10. The molecule has 0 aromatic carbocycles. The van der Waals surface area contributed by atoms with Crippen molar-refractivity contribution in [3.8, 4) is 0 Å². The molecule has 0 aromatic rings. The van der Waals surface area contributed by atoms with Crippen LogP contribution in [0.4, 0.5) is 8.78 Å². The van der Waals surface area contributed by atoms with Crippen LogP contribution in [-0.4, -0.2) is 25.2 Å². The Morgan fingerprint density at radius 1 is 0.929 bits per heavy atom. The van der Waals surface area contributed by atoms with Crippen LogP contribution in [0.15, 0.2) is 11.7 Å². The van der Waals surface area contributed by atoms with Gasteiger partial charge in [-0.1, -0.05) is 0 Å². The van der Waals surface area contributed by atoms with Gasteiger partial charge in [-0.3, -0.25) is 0 Å². The van der Waals surface area contributed by atoms with Crippen molar-refractivity contribution in [2.24, 2.45) is 0 Å². The van der Waals surface area contributed by atoms with Gasteiger partial charge in [0.25, 0.3) is 11.7 Å². The molecule has 0 aliphatic rings. The molecule has 0 aliphatic carbocycles. The maximum Gasteiger partial charge on any atom is 0.370 e. The fraction of sp³-hybridized carbons (Fsp3) is 0.500. The maximum absolute atomic E-state index is 12.7. The Hall–Kier alpha value is -1.46. The van der Waals surface area contributed by atoms with Gasteiger partial charge in [-0.05, 0) is 13.8 Å². The highest BCUT2D eigenvalue weighted by Crippen LogP contribution is 2.11. The first-order valence-electron chi connectivity index (χ1n) is 3.94. The van der Waals surface area contributed by atoms with Gasteiger partial charge in [0.05, 0.1) is 13.2 Å². The molecule has 0 aromatic heterocycles. The third kappa shape index (κ3) is 3.51. The van der Waals surface area contributed by atoms with Crippen molar-refractivity contribution >= 4 is 11.9 Å². The second kappa shape index (κ2) is 6.06.